The topological polar surface area (TPSA) is 46.8 Å². The lowest BCUT2D eigenvalue weighted by molar-refractivity contribution is 0.299. The zero-order valence-electron chi connectivity index (χ0n) is 10.4. The Bertz CT molecular complexity index is 674. The minimum absolute atomic E-state index is 0.161. The van der Waals surface area contributed by atoms with Crippen molar-refractivity contribution in [2.75, 3.05) is 6.61 Å². The minimum Gasteiger partial charge on any atom is -0.440 e. The number of aliphatic hydroxyl groups is 1. The van der Waals surface area contributed by atoms with Crippen molar-refractivity contribution >= 4 is 5.65 Å². The Morgan fingerprint density at radius 3 is 2.74 bits per heavy atom. The number of aromatic nitrogens is 2. The van der Waals surface area contributed by atoms with Crippen LogP contribution in [0, 0.1) is 0 Å². The van der Waals surface area contributed by atoms with E-state index in [9.17, 15) is 0 Å². The second-order valence-electron chi connectivity index (χ2n) is 4.24. The highest BCUT2D eigenvalue weighted by Gasteiger charge is 2.03. The number of aliphatic hydroxyl groups excluding tert-OH is 1. The van der Waals surface area contributed by atoms with Gasteiger partial charge in [-0.05, 0) is 36.2 Å². The average molecular weight is 254 g/mol. The standard InChI is InChI=1S/C15H14N2O2/c18-11-8-12-4-6-13(7-5-12)19-15-3-1-2-14-16-9-10-17(14)15/h1-7,9-10,18H,8,11H2. The number of nitrogens with zero attached hydrogens (tertiary/aromatic N) is 2. The van der Waals surface area contributed by atoms with Crippen LogP contribution in [0.4, 0.5) is 0 Å². The second-order valence-corrected chi connectivity index (χ2v) is 4.24. The Labute approximate surface area is 110 Å². The summed E-state index contributed by atoms with van der Waals surface area (Å²) in [5.41, 5.74) is 1.95. The molecule has 4 heteroatoms. The largest absolute Gasteiger partial charge is 0.440 e. The fourth-order valence-electron chi connectivity index (χ4n) is 1.98. The van der Waals surface area contributed by atoms with Crippen LogP contribution in [-0.4, -0.2) is 21.1 Å². The summed E-state index contributed by atoms with van der Waals surface area (Å²) in [6.07, 6.45) is 4.27. The zero-order valence-corrected chi connectivity index (χ0v) is 10.4. The van der Waals surface area contributed by atoms with E-state index < -0.39 is 0 Å². The van der Waals surface area contributed by atoms with Gasteiger partial charge in [-0.2, -0.15) is 0 Å². The Morgan fingerprint density at radius 1 is 1.11 bits per heavy atom. The predicted octanol–water partition coefficient (Wildman–Crippen LogP) is 2.66. The maximum atomic E-state index is 8.88. The van der Waals surface area contributed by atoms with Gasteiger partial charge in [0, 0.05) is 19.0 Å². The molecule has 0 aliphatic carbocycles. The molecule has 2 heterocycles. The fraction of sp³-hybridized carbons (Fsp3) is 0.133. The van der Waals surface area contributed by atoms with Gasteiger partial charge in [-0.1, -0.05) is 18.2 Å². The SMILES string of the molecule is OCCc1ccc(Oc2cccc3nccn23)cc1. The molecular formula is C15H14N2O2. The van der Waals surface area contributed by atoms with Crippen LogP contribution >= 0.6 is 0 Å². The third-order valence-electron chi connectivity index (χ3n) is 2.94. The molecular weight excluding hydrogens is 240 g/mol. The van der Waals surface area contributed by atoms with E-state index in [-0.39, 0.29) is 6.61 Å². The van der Waals surface area contributed by atoms with E-state index in [1.165, 1.54) is 0 Å². The van der Waals surface area contributed by atoms with Crippen molar-refractivity contribution in [3.05, 3.63) is 60.4 Å². The first-order valence-corrected chi connectivity index (χ1v) is 6.16. The van der Waals surface area contributed by atoms with E-state index >= 15 is 0 Å². The number of benzene rings is 1. The molecule has 19 heavy (non-hydrogen) atoms. The lowest BCUT2D eigenvalue weighted by atomic mass is 10.1. The number of hydrogen-bond donors (Lipinski definition) is 1. The van der Waals surface area contributed by atoms with Gasteiger partial charge in [0.1, 0.15) is 11.4 Å². The molecule has 0 saturated heterocycles. The molecule has 0 atom stereocenters. The van der Waals surface area contributed by atoms with E-state index in [0.29, 0.717) is 6.42 Å². The van der Waals surface area contributed by atoms with E-state index in [0.717, 1.165) is 22.8 Å². The van der Waals surface area contributed by atoms with Crippen molar-refractivity contribution in [1.29, 1.82) is 0 Å². The second kappa shape index (κ2) is 5.12. The van der Waals surface area contributed by atoms with Crippen LogP contribution in [0.15, 0.2) is 54.9 Å². The third kappa shape index (κ3) is 2.44. The molecule has 3 aromatic rings. The van der Waals surface area contributed by atoms with Gasteiger partial charge in [0.2, 0.25) is 5.88 Å². The van der Waals surface area contributed by atoms with Crippen molar-refractivity contribution in [3.63, 3.8) is 0 Å². The summed E-state index contributed by atoms with van der Waals surface area (Å²) in [7, 11) is 0. The lowest BCUT2D eigenvalue weighted by Gasteiger charge is -2.08. The highest BCUT2D eigenvalue weighted by Crippen LogP contribution is 2.22. The first-order chi connectivity index (χ1) is 9.36. The van der Waals surface area contributed by atoms with E-state index in [2.05, 4.69) is 4.98 Å². The number of ether oxygens (including phenoxy) is 1. The van der Waals surface area contributed by atoms with Crippen LogP contribution in [0.2, 0.25) is 0 Å². The van der Waals surface area contributed by atoms with Crippen molar-refractivity contribution in [2.24, 2.45) is 0 Å². The molecule has 1 aromatic carbocycles. The first-order valence-electron chi connectivity index (χ1n) is 6.16. The van der Waals surface area contributed by atoms with Gasteiger partial charge in [-0.25, -0.2) is 4.98 Å². The van der Waals surface area contributed by atoms with Crippen molar-refractivity contribution < 1.29 is 9.84 Å². The van der Waals surface area contributed by atoms with E-state index in [1.54, 1.807) is 6.20 Å². The van der Waals surface area contributed by atoms with Gasteiger partial charge in [-0.3, -0.25) is 4.40 Å². The summed E-state index contributed by atoms with van der Waals surface area (Å²) in [4.78, 5) is 4.21. The molecule has 0 aliphatic heterocycles. The molecule has 2 aromatic heterocycles. The Hall–Kier alpha value is -2.33. The van der Waals surface area contributed by atoms with Crippen LogP contribution in [0.3, 0.4) is 0 Å². The highest BCUT2D eigenvalue weighted by atomic mass is 16.5. The van der Waals surface area contributed by atoms with Gasteiger partial charge in [0.15, 0.2) is 0 Å². The molecule has 96 valence electrons. The van der Waals surface area contributed by atoms with Crippen LogP contribution in [0.5, 0.6) is 11.6 Å². The minimum atomic E-state index is 0.161. The van der Waals surface area contributed by atoms with Gasteiger partial charge >= 0.3 is 0 Å². The number of fused-ring (bicyclic) bond motifs is 1. The normalized spacial score (nSPS) is 10.8. The van der Waals surface area contributed by atoms with Gasteiger partial charge in [-0.15, -0.1) is 0 Å². The summed E-state index contributed by atoms with van der Waals surface area (Å²) >= 11 is 0. The van der Waals surface area contributed by atoms with E-state index in [4.69, 9.17) is 9.84 Å². The van der Waals surface area contributed by atoms with Gasteiger partial charge in [0.25, 0.3) is 0 Å². The summed E-state index contributed by atoms with van der Waals surface area (Å²) in [6.45, 7) is 0.161. The molecule has 0 amide bonds. The van der Waals surface area contributed by atoms with Crippen molar-refractivity contribution in [2.45, 2.75) is 6.42 Å². The summed E-state index contributed by atoms with van der Waals surface area (Å²) in [5.74, 6) is 1.49. The molecule has 0 fully saturated rings. The van der Waals surface area contributed by atoms with E-state index in [1.807, 2.05) is 53.1 Å². The molecule has 0 radical (unpaired) electrons. The third-order valence-corrected chi connectivity index (χ3v) is 2.94. The average Bonchev–Trinajstić information content (AvgIpc) is 2.91. The number of rotatable bonds is 4. The number of hydrogen-bond acceptors (Lipinski definition) is 3. The Balaban J connectivity index is 1.86. The van der Waals surface area contributed by atoms with Crippen LogP contribution < -0.4 is 4.74 Å². The first kappa shape index (κ1) is 11.7. The molecule has 3 rings (SSSR count). The number of pyridine rings is 1. The zero-order chi connectivity index (χ0) is 13.1. The fourth-order valence-corrected chi connectivity index (χ4v) is 1.98. The molecule has 0 spiro atoms. The van der Waals surface area contributed by atoms with Crippen LogP contribution in [0.1, 0.15) is 5.56 Å². The lowest BCUT2D eigenvalue weighted by Crippen LogP contribution is -1.94. The van der Waals surface area contributed by atoms with Gasteiger partial charge in [0.05, 0.1) is 0 Å². The van der Waals surface area contributed by atoms with Crippen molar-refractivity contribution in [1.82, 2.24) is 9.38 Å². The highest BCUT2D eigenvalue weighted by molar-refractivity contribution is 5.43. The van der Waals surface area contributed by atoms with Gasteiger partial charge < -0.3 is 9.84 Å². The van der Waals surface area contributed by atoms with Crippen LogP contribution in [0.25, 0.3) is 5.65 Å². The summed E-state index contributed by atoms with van der Waals surface area (Å²) in [5, 5.41) is 8.88. The Kier molecular flexibility index (Phi) is 3.16. The monoisotopic (exact) mass is 254 g/mol. The molecule has 0 bridgehead atoms. The smallest absolute Gasteiger partial charge is 0.205 e. The summed E-state index contributed by atoms with van der Waals surface area (Å²) < 4.78 is 7.73. The quantitative estimate of drug-likeness (QED) is 0.778. The molecule has 1 N–H and O–H groups in total. The molecule has 0 aliphatic rings. The molecule has 0 saturated carbocycles. The summed E-state index contributed by atoms with van der Waals surface area (Å²) in [6, 6.07) is 13.5. The Morgan fingerprint density at radius 2 is 1.95 bits per heavy atom. The maximum Gasteiger partial charge on any atom is 0.205 e. The maximum absolute atomic E-state index is 8.88. The molecule has 0 unspecified atom stereocenters. The van der Waals surface area contributed by atoms with Crippen LogP contribution in [-0.2, 0) is 6.42 Å². The predicted molar refractivity (Wildman–Crippen MR) is 72.5 cm³/mol. The number of imidazole rings is 1. The molecule has 4 nitrogen and oxygen atoms in total. The van der Waals surface area contributed by atoms with Crippen molar-refractivity contribution in [3.8, 4) is 11.6 Å².